The number of carbonyl (C=O) groups excluding carboxylic acids is 1. The third-order valence-corrected chi connectivity index (χ3v) is 3.10. The number of ether oxygens (including phenoxy) is 1. The lowest BCUT2D eigenvalue weighted by Crippen LogP contribution is -2.04. The number of rotatable bonds is 2. The van der Waals surface area contributed by atoms with Crippen molar-refractivity contribution in [3.05, 3.63) is 53.6 Å². The molecule has 0 amide bonds. The number of Topliss-reactive ketones (excluding diaryl/α,β-unsaturated/α-hetero) is 1. The van der Waals surface area contributed by atoms with Gasteiger partial charge in [-0.2, -0.15) is 0 Å². The van der Waals surface area contributed by atoms with Crippen molar-refractivity contribution in [1.82, 2.24) is 0 Å². The number of hydrogen-bond donors (Lipinski definition) is 0. The molecule has 0 unspecified atom stereocenters. The molecule has 1 aliphatic rings. The number of fused-ring (bicyclic) bond motifs is 1. The first-order valence-electron chi connectivity index (χ1n) is 6.17. The van der Waals surface area contributed by atoms with Crippen molar-refractivity contribution in [3.8, 4) is 11.5 Å². The van der Waals surface area contributed by atoms with Gasteiger partial charge in [-0.15, -0.1) is 0 Å². The van der Waals surface area contributed by atoms with Gasteiger partial charge in [0.1, 0.15) is 11.5 Å². The van der Waals surface area contributed by atoms with Crippen LogP contribution in [0.25, 0.3) is 0 Å². The lowest BCUT2D eigenvalue weighted by atomic mass is 10.0. The SMILES string of the molecule is Cc1ccccc1Oc1ccc2c(c1)C(=O)CC=N2. The Bertz CT molecular complexity index is 674. The van der Waals surface area contributed by atoms with Crippen LogP contribution < -0.4 is 4.74 Å². The molecule has 0 radical (unpaired) electrons. The Kier molecular flexibility index (Phi) is 2.88. The van der Waals surface area contributed by atoms with Gasteiger partial charge in [-0.25, -0.2) is 0 Å². The minimum Gasteiger partial charge on any atom is -0.457 e. The molecule has 0 saturated carbocycles. The lowest BCUT2D eigenvalue weighted by Gasteiger charge is -2.12. The molecule has 19 heavy (non-hydrogen) atoms. The fourth-order valence-corrected chi connectivity index (χ4v) is 2.05. The molecule has 0 aromatic heterocycles. The molecule has 1 aliphatic heterocycles. The highest BCUT2D eigenvalue weighted by Gasteiger charge is 2.15. The fourth-order valence-electron chi connectivity index (χ4n) is 2.05. The van der Waals surface area contributed by atoms with Crippen molar-refractivity contribution in [3.63, 3.8) is 0 Å². The minimum absolute atomic E-state index is 0.0835. The van der Waals surface area contributed by atoms with Crippen LogP contribution in [-0.4, -0.2) is 12.0 Å². The summed E-state index contributed by atoms with van der Waals surface area (Å²) in [5.74, 6) is 1.55. The molecule has 1 heterocycles. The van der Waals surface area contributed by atoms with Crippen LogP contribution in [0.5, 0.6) is 11.5 Å². The van der Waals surface area contributed by atoms with Crippen LogP contribution in [0.4, 0.5) is 5.69 Å². The highest BCUT2D eigenvalue weighted by Crippen LogP contribution is 2.31. The maximum atomic E-state index is 11.8. The van der Waals surface area contributed by atoms with Gasteiger partial charge in [0.05, 0.1) is 5.69 Å². The fraction of sp³-hybridized carbons (Fsp3) is 0.125. The monoisotopic (exact) mass is 251 g/mol. The number of benzene rings is 2. The molecule has 3 rings (SSSR count). The normalized spacial score (nSPS) is 13.2. The van der Waals surface area contributed by atoms with Crippen LogP contribution in [0.15, 0.2) is 47.5 Å². The van der Waals surface area contributed by atoms with E-state index in [1.165, 1.54) is 0 Å². The first kappa shape index (κ1) is 11.7. The topological polar surface area (TPSA) is 38.7 Å². The summed E-state index contributed by atoms with van der Waals surface area (Å²) in [6.45, 7) is 1.99. The van der Waals surface area contributed by atoms with Gasteiger partial charge >= 0.3 is 0 Å². The first-order chi connectivity index (χ1) is 9.24. The average Bonchev–Trinajstić information content (AvgIpc) is 2.42. The third kappa shape index (κ3) is 2.27. The summed E-state index contributed by atoms with van der Waals surface area (Å²) in [7, 11) is 0. The molecule has 3 nitrogen and oxygen atoms in total. The zero-order valence-corrected chi connectivity index (χ0v) is 10.6. The van der Waals surface area contributed by atoms with Crippen LogP contribution in [0.3, 0.4) is 0 Å². The zero-order valence-electron chi connectivity index (χ0n) is 10.6. The van der Waals surface area contributed by atoms with E-state index in [0.717, 1.165) is 11.3 Å². The Morgan fingerprint density at radius 2 is 2.00 bits per heavy atom. The summed E-state index contributed by atoms with van der Waals surface area (Å²) < 4.78 is 5.82. The maximum absolute atomic E-state index is 11.8. The van der Waals surface area contributed by atoms with Crippen LogP contribution in [0.1, 0.15) is 22.3 Å². The molecule has 94 valence electrons. The van der Waals surface area contributed by atoms with E-state index < -0.39 is 0 Å². The summed E-state index contributed by atoms with van der Waals surface area (Å²) in [4.78, 5) is 16.0. The molecule has 0 aliphatic carbocycles. The highest BCUT2D eigenvalue weighted by atomic mass is 16.5. The molecule has 0 saturated heterocycles. The van der Waals surface area contributed by atoms with Crippen molar-refractivity contribution in [2.24, 2.45) is 4.99 Å². The third-order valence-electron chi connectivity index (χ3n) is 3.10. The van der Waals surface area contributed by atoms with Crippen LogP contribution in [-0.2, 0) is 0 Å². The molecule has 2 aromatic carbocycles. The van der Waals surface area contributed by atoms with E-state index in [4.69, 9.17) is 4.74 Å². The van der Waals surface area contributed by atoms with E-state index in [1.807, 2.05) is 43.3 Å². The molecule has 0 atom stereocenters. The van der Waals surface area contributed by atoms with E-state index in [0.29, 0.717) is 23.4 Å². The molecule has 0 fully saturated rings. The molecular formula is C16H13NO2. The number of carbonyl (C=O) groups is 1. The van der Waals surface area contributed by atoms with E-state index in [2.05, 4.69) is 4.99 Å². The predicted molar refractivity (Wildman–Crippen MR) is 74.8 cm³/mol. The second kappa shape index (κ2) is 4.69. The summed E-state index contributed by atoms with van der Waals surface area (Å²) in [5, 5.41) is 0. The summed E-state index contributed by atoms with van der Waals surface area (Å²) >= 11 is 0. The van der Waals surface area contributed by atoms with Gasteiger partial charge in [0, 0.05) is 18.2 Å². The number of nitrogens with zero attached hydrogens (tertiary/aromatic N) is 1. The van der Waals surface area contributed by atoms with Gasteiger partial charge in [-0.3, -0.25) is 9.79 Å². The molecule has 0 N–H and O–H groups in total. The second-order valence-corrected chi connectivity index (χ2v) is 4.49. The van der Waals surface area contributed by atoms with E-state index in [-0.39, 0.29) is 5.78 Å². The minimum atomic E-state index is 0.0835. The van der Waals surface area contributed by atoms with Gasteiger partial charge in [-0.1, -0.05) is 18.2 Å². The van der Waals surface area contributed by atoms with Crippen molar-refractivity contribution in [2.75, 3.05) is 0 Å². The Hall–Kier alpha value is -2.42. The van der Waals surface area contributed by atoms with Gasteiger partial charge < -0.3 is 4.74 Å². The Labute approximate surface area is 111 Å². The molecule has 2 aromatic rings. The highest BCUT2D eigenvalue weighted by molar-refractivity contribution is 6.10. The number of hydrogen-bond acceptors (Lipinski definition) is 3. The second-order valence-electron chi connectivity index (χ2n) is 4.49. The van der Waals surface area contributed by atoms with E-state index in [9.17, 15) is 4.79 Å². The molecule has 0 spiro atoms. The Morgan fingerprint density at radius 3 is 2.84 bits per heavy atom. The smallest absolute Gasteiger partial charge is 0.170 e. The van der Waals surface area contributed by atoms with E-state index >= 15 is 0 Å². The van der Waals surface area contributed by atoms with Crippen LogP contribution >= 0.6 is 0 Å². The summed E-state index contributed by atoms with van der Waals surface area (Å²) in [5.41, 5.74) is 2.41. The Balaban J connectivity index is 1.95. The van der Waals surface area contributed by atoms with Crippen molar-refractivity contribution in [1.29, 1.82) is 0 Å². The average molecular weight is 251 g/mol. The number of aliphatic imine (C=N–C) groups is 1. The van der Waals surface area contributed by atoms with Gasteiger partial charge in [0.15, 0.2) is 5.78 Å². The van der Waals surface area contributed by atoms with Crippen molar-refractivity contribution >= 4 is 17.7 Å². The summed E-state index contributed by atoms with van der Waals surface area (Å²) in [6, 6.07) is 13.2. The maximum Gasteiger partial charge on any atom is 0.170 e. The molecular weight excluding hydrogens is 238 g/mol. The van der Waals surface area contributed by atoms with Gasteiger partial charge in [0.25, 0.3) is 0 Å². The molecule has 3 heteroatoms. The number of para-hydroxylation sites is 1. The first-order valence-corrected chi connectivity index (χ1v) is 6.17. The van der Waals surface area contributed by atoms with Gasteiger partial charge in [0.2, 0.25) is 0 Å². The quantitative estimate of drug-likeness (QED) is 0.806. The van der Waals surface area contributed by atoms with E-state index in [1.54, 1.807) is 12.3 Å². The summed E-state index contributed by atoms with van der Waals surface area (Å²) in [6.07, 6.45) is 2.01. The zero-order chi connectivity index (χ0) is 13.2. The van der Waals surface area contributed by atoms with Crippen molar-refractivity contribution in [2.45, 2.75) is 13.3 Å². The number of ketones is 1. The standard InChI is InChI=1S/C16H13NO2/c1-11-4-2-3-5-16(11)19-12-6-7-14-13(10-12)15(18)8-9-17-14/h2-7,9-10H,8H2,1H3. The van der Waals surface area contributed by atoms with Crippen LogP contribution in [0.2, 0.25) is 0 Å². The van der Waals surface area contributed by atoms with Crippen LogP contribution in [0, 0.1) is 6.92 Å². The largest absolute Gasteiger partial charge is 0.457 e. The number of aryl methyl sites for hydroxylation is 1. The van der Waals surface area contributed by atoms with Gasteiger partial charge in [-0.05, 0) is 36.8 Å². The Morgan fingerprint density at radius 1 is 1.16 bits per heavy atom. The lowest BCUT2D eigenvalue weighted by molar-refractivity contribution is 0.100. The van der Waals surface area contributed by atoms with Crippen molar-refractivity contribution < 1.29 is 9.53 Å². The predicted octanol–water partition coefficient (Wildman–Crippen LogP) is 4.08. The molecule has 0 bridgehead atoms.